The predicted octanol–water partition coefficient (Wildman–Crippen LogP) is 2.72. The number of ether oxygens (including phenoxy) is 1. The van der Waals surface area contributed by atoms with Crippen molar-refractivity contribution in [1.29, 1.82) is 0 Å². The van der Waals surface area contributed by atoms with E-state index >= 15 is 0 Å². The molecule has 2 aromatic carbocycles. The topological polar surface area (TPSA) is 91.7 Å². The first-order valence-corrected chi connectivity index (χ1v) is 10.0. The van der Waals surface area contributed by atoms with E-state index in [1.165, 1.54) is 11.3 Å². The number of benzene rings is 2. The molecular weight excluding hydrogens is 376 g/mol. The molecule has 0 bridgehead atoms. The van der Waals surface area contributed by atoms with E-state index in [4.69, 9.17) is 4.74 Å². The van der Waals surface area contributed by atoms with Crippen molar-refractivity contribution in [3.8, 4) is 0 Å². The Hall–Kier alpha value is -2.32. The number of carbonyl (C=O) groups excluding carboxylic acids is 1. The average molecular weight is 398 g/mol. The first-order valence-electron chi connectivity index (χ1n) is 9.22. The fourth-order valence-corrected chi connectivity index (χ4v) is 4.36. The van der Waals surface area contributed by atoms with Gasteiger partial charge < -0.3 is 20.3 Å². The number of fused-ring (bicyclic) bond motifs is 1. The van der Waals surface area contributed by atoms with Crippen LogP contribution in [0, 0.1) is 6.92 Å². The maximum atomic E-state index is 12.5. The first-order chi connectivity index (χ1) is 13.5. The number of hydrogen-bond donors (Lipinski definition) is 3. The van der Waals surface area contributed by atoms with Gasteiger partial charge in [-0.3, -0.25) is 4.79 Å². The van der Waals surface area contributed by atoms with Crippen LogP contribution in [0.3, 0.4) is 0 Å². The maximum absolute atomic E-state index is 12.5. The van der Waals surface area contributed by atoms with E-state index in [0.717, 1.165) is 26.4 Å². The molecule has 4 rings (SSSR count). The van der Waals surface area contributed by atoms with Crippen molar-refractivity contribution in [1.82, 2.24) is 10.3 Å². The zero-order valence-electron chi connectivity index (χ0n) is 15.5. The zero-order valence-corrected chi connectivity index (χ0v) is 16.3. The number of aliphatic hydroxyl groups excluding tert-OH is 2. The summed E-state index contributed by atoms with van der Waals surface area (Å²) < 4.78 is 6.64. The molecule has 3 atom stereocenters. The van der Waals surface area contributed by atoms with Crippen LogP contribution in [-0.2, 0) is 11.3 Å². The summed E-state index contributed by atoms with van der Waals surface area (Å²) in [6.07, 6.45) is -1.18. The number of amides is 1. The lowest BCUT2D eigenvalue weighted by atomic mass is 10.1. The van der Waals surface area contributed by atoms with Crippen molar-refractivity contribution in [3.05, 3.63) is 64.2 Å². The number of rotatable bonds is 5. The van der Waals surface area contributed by atoms with Crippen molar-refractivity contribution in [3.63, 3.8) is 0 Å². The van der Waals surface area contributed by atoms with Crippen molar-refractivity contribution >= 4 is 27.5 Å². The molecule has 7 heteroatoms. The Balaban J connectivity index is 1.48. The van der Waals surface area contributed by atoms with Crippen LogP contribution in [-0.4, -0.2) is 39.9 Å². The third-order valence-corrected chi connectivity index (χ3v) is 6.17. The summed E-state index contributed by atoms with van der Waals surface area (Å²) in [5.41, 5.74) is 3.51. The summed E-state index contributed by atoms with van der Waals surface area (Å²) in [4.78, 5) is 17.1. The minimum atomic E-state index is -0.690. The fraction of sp³-hybridized carbons (Fsp3) is 0.333. The molecule has 1 aromatic heterocycles. The number of thiazole rings is 1. The SMILES string of the molecule is Cc1ccccc1CNC(=O)c1ccc2sc([C@H]3C[C@H](O)[C@@H](CO)O3)nc2c1. The second kappa shape index (κ2) is 7.97. The van der Waals surface area contributed by atoms with Gasteiger partial charge in [-0.15, -0.1) is 11.3 Å². The number of nitrogens with zero attached hydrogens (tertiary/aromatic N) is 1. The molecule has 3 aromatic rings. The van der Waals surface area contributed by atoms with E-state index in [1.54, 1.807) is 12.1 Å². The lowest BCUT2D eigenvalue weighted by molar-refractivity contribution is -0.0225. The molecule has 1 saturated heterocycles. The van der Waals surface area contributed by atoms with Gasteiger partial charge in [0.05, 0.1) is 22.9 Å². The highest BCUT2D eigenvalue weighted by Crippen LogP contribution is 2.37. The molecule has 28 heavy (non-hydrogen) atoms. The van der Waals surface area contributed by atoms with Crippen LogP contribution in [0.1, 0.15) is 39.0 Å². The van der Waals surface area contributed by atoms with E-state index in [2.05, 4.69) is 10.3 Å². The minimum Gasteiger partial charge on any atom is -0.394 e. The highest BCUT2D eigenvalue weighted by Gasteiger charge is 2.35. The van der Waals surface area contributed by atoms with Crippen LogP contribution in [0.2, 0.25) is 0 Å². The molecule has 6 nitrogen and oxygen atoms in total. The first kappa shape index (κ1) is 19.0. The summed E-state index contributed by atoms with van der Waals surface area (Å²) in [5, 5.41) is 22.9. The van der Waals surface area contributed by atoms with E-state index in [9.17, 15) is 15.0 Å². The summed E-state index contributed by atoms with van der Waals surface area (Å²) in [6, 6.07) is 13.4. The number of carbonyl (C=O) groups is 1. The lowest BCUT2D eigenvalue weighted by Crippen LogP contribution is -2.24. The summed E-state index contributed by atoms with van der Waals surface area (Å²) in [7, 11) is 0. The average Bonchev–Trinajstić information content (AvgIpc) is 3.29. The molecule has 2 heterocycles. The quantitative estimate of drug-likeness (QED) is 0.615. The van der Waals surface area contributed by atoms with E-state index < -0.39 is 12.2 Å². The summed E-state index contributed by atoms with van der Waals surface area (Å²) >= 11 is 1.48. The van der Waals surface area contributed by atoms with Crippen molar-refractivity contribution in [2.24, 2.45) is 0 Å². The Morgan fingerprint density at radius 1 is 1.32 bits per heavy atom. The smallest absolute Gasteiger partial charge is 0.251 e. The number of hydrogen-bond acceptors (Lipinski definition) is 6. The molecule has 3 N–H and O–H groups in total. The van der Waals surface area contributed by atoms with Crippen LogP contribution in [0.4, 0.5) is 0 Å². The second-order valence-corrected chi connectivity index (χ2v) is 8.05. The van der Waals surface area contributed by atoms with Crippen molar-refractivity contribution in [2.75, 3.05) is 6.61 Å². The fourth-order valence-electron chi connectivity index (χ4n) is 3.36. The zero-order chi connectivity index (χ0) is 19.7. The molecule has 0 saturated carbocycles. The van der Waals surface area contributed by atoms with Gasteiger partial charge in [-0.25, -0.2) is 4.98 Å². The highest BCUT2D eigenvalue weighted by molar-refractivity contribution is 7.18. The number of aryl methyl sites for hydroxylation is 1. The van der Waals surface area contributed by atoms with Crippen molar-refractivity contribution in [2.45, 2.75) is 38.2 Å². The van der Waals surface area contributed by atoms with Crippen LogP contribution in [0.5, 0.6) is 0 Å². The molecule has 0 radical (unpaired) electrons. The monoisotopic (exact) mass is 398 g/mol. The molecule has 1 amide bonds. The molecule has 0 aliphatic carbocycles. The molecule has 1 fully saturated rings. The molecular formula is C21H22N2O4S. The lowest BCUT2D eigenvalue weighted by Gasteiger charge is -2.09. The molecule has 0 unspecified atom stereocenters. The maximum Gasteiger partial charge on any atom is 0.251 e. The van der Waals surface area contributed by atoms with Gasteiger partial charge in [0.2, 0.25) is 0 Å². The van der Waals surface area contributed by atoms with Gasteiger partial charge in [0.25, 0.3) is 5.91 Å². The van der Waals surface area contributed by atoms with Crippen LogP contribution in [0.25, 0.3) is 10.2 Å². The minimum absolute atomic E-state index is 0.146. The third kappa shape index (κ3) is 3.79. The number of aromatic nitrogens is 1. The van der Waals surface area contributed by atoms with Gasteiger partial charge in [0.15, 0.2) is 0 Å². The van der Waals surface area contributed by atoms with Gasteiger partial charge in [-0.1, -0.05) is 24.3 Å². The second-order valence-electron chi connectivity index (χ2n) is 6.99. The summed E-state index contributed by atoms with van der Waals surface area (Å²) in [6.45, 7) is 2.28. The molecule has 1 aliphatic rings. The third-order valence-electron chi connectivity index (χ3n) is 5.05. The Morgan fingerprint density at radius 3 is 2.89 bits per heavy atom. The Labute approximate surface area is 166 Å². The van der Waals surface area contributed by atoms with Crippen LogP contribution in [0.15, 0.2) is 42.5 Å². The number of aliphatic hydroxyl groups is 2. The van der Waals surface area contributed by atoms with Gasteiger partial charge in [-0.2, -0.15) is 0 Å². The van der Waals surface area contributed by atoms with E-state index in [0.29, 0.717) is 18.5 Å². The van der Waals surface area contributed by atoms with Gasteiger partial charge in [-0.05, 0) is 36.2 Å². The van der Waals surface area contributed by atoms with Crippen LogP contribution < -0.4 is 5.32 Å². The standard InChI is InChI=1S/C21H22N2O4S/c1-12-4-2-3-5-14(12)10-22-20(26)13-6-7-19-15(8-13)23-21(28-19)17-9-16(25)18(11-24)27-17/h2-8,16-18,24-25H,9-11H2,1H3,(H,22,26)/t16-,17+,18+/m0/s1. The van der Waals surface area contributed by atoms with Crippen molar-refractivity contribution < 1.29 is 19.7 Å². The van der Waals surface area contributed by atoms with E-state index in [1.807, 2.05) is 37.3 Å². The Kier molecular flexibility index (Phi) is 5.41. The molecule has 0 spiro atoms. The normalized spacial score (nSPS) is 21.9. The molecule has 1 aliphatic heterocycles. The number of nitrogens with one attached hydrogen (secondary N) is 1. The highest BCUT2D eigenvalue weighted by atomic mass is 32.1. The Morgan fingerprint density at radius 2 is 2.14 bits per heavy atom. The van der Waals surface area contributed by atoms with E-state index in [-0.39, 0.29) is 18.6 Å². The van der Waals surface area contributed by atoms with Crippen LogP contribution >= 0.6 is 11.3 Å². The van der Waals surface area contributed by atoms with Gasteiger partial charge in [0.1, 0.15) is 17.2 Å². The van der Waals surface area contributed by atoms with Gasteiger partial charge >= 0.3 is 0 Å². The summed E-state index contributed by atoms with van der Waals surface area (Å²) in [5.74, 6) is -0.146. The molecule has 146 valence electrons. The van der Waals surface area contributed by atoms with Gasteiger partial charge in [0, 0.05) is 18.5 Å². The largest absolute Gasteiger partial charge is 0.394 e. The predicted molar refractivity (Wildman–Crippen MR) is 107 cm³/mol. The Bertz CT molecular complexity index is 1000.